The van der Waals surface area contributed by atoms with E-state index in [1.807, 2.05) is 18.0 Å². The van der Waals surface area contributed by atoms with Crippen molar-refractivity contribution in [2.24, 2.45) is 0 Å². The SMILES string of the molecule is CCCNc1nccc(N(C)c2ccc(F)cc2)n1. The van der Waals surface area contributed by atoms with Gasteiger partial charge in [0, 0.05) is 25.5 Å². The fourth-order valence-electron chi connectivity index (χ4n) is 1.65. The zero-order chi connectivity index (χ0) is 13.7. The van der Waals surface area contributed by atoms with Gasteiger partial charge in [0.25, 0.3) is 0 Å². The van der Waals surface area contributed by atoms with Gasteiger partial charge in [-0.15, -0.1) is 0 Å². The maximum Gasteiger partial charge on any atom is 0.224 e. The highest BCUT2D eigenvalue weighted by atomic mass is 19.1. The maximum absolute atomic E-state index is 12.9. The molecule has 1 aromatic carbocycles. The smallest absolute Gasteiger partial charge is 0.224 e. The summed E-state index contributed by atoms with van der Waals surface area (Å²) in [5.74, 6) is 1.12. The highest BCUT2D eigenvalue weighted by Gasteiger charge is 2.06. The van der Waals surface area contributed by atoms with E-state index in [4.69, 9.17) is 0 Å². The molecule has 100 valence electrons. The quantitative estimate of drug-likeness (QED) is 0.896. The fourth-order valence-corrected chi connectivity index (χ4v) is 1.65. The summed E-state index contributed by atoms with van der Waals surface area (Å²) in [6.07, 6.45) is 2.72. The standard InChI is InChI=1S/C14H17FN4/c1-3-9-16-14-17-10-8-13(18-14)19(2)12-6-4-11(15)5-7-12/h4-8,10H,3,9H2,1-2H3,(H,16,17,18). The molecule has 0 saturated carbocycles. The molecular weight excluding hydrogens is 243 g/mol. The summed E-state index contributed by atoms with van der Waals surface area (Å²) < 4.78 is 12.9. The van der Waals surface area contributed by atoms with Crippen molar-refractivity contribution in [3.8, 4) is 0 Å². The van der Waals surface area contributed by atoms with E-state index in [9.17, 15) is 4.39 Å². The molecule has 0 unspecified atom stereocenters. The molecule has 1 aromatic heterocycles. The molecule has 0 fully saturated rings. The Hall–Kier alpha value is -2.17. The van der Waals surface area contributed by atoms with Gasteiger partial charge in [-0.3, -0.25) is 0 Å². The molecule has 0 saturated heterocycles. The van der Waals surface area contributed by atoms with Crippen molar-refractivity contribution in [2.75, 3.05) is 23.8 Å². The zero-order valence-electron chi connectivity index (χ0n) is 11.1. The largest absolute Gasteiger partial charge is 0.354 e. The van der Waals surface area contributed by atoms with E-state index in [2.05, 4.69) is 22.2 Å². The van der Waals surface area contributed by atoms with Crippen molar-refractivity contribution in [1.29, 1.82) is 0 Å². The van der Waals surface area contributed by atoms with Gasteiger partial charge >= 0.3 is 0 Å². The Balaban J connectivity index is 2.18. The molecule has 0 amide bonds. The summed E-state index contributed by atoms with van der Waals surface area (Å²) in [6.45, 7) is 2.92. The molecule has 0 aliphatic rings. The van der Waals surface area contributed by atoms with E-state index >= 15 is 0 Å². The normalized spacial score (nSPS) is 10.3. The number of halogens is 1. The predicted molar refractivity (Wildman–Crippen MR) is 75.3 cm³/mol. The Morgan fingerprint density at radius 1 is 1.21 bits per heavy atom. The molecule has 0 atom stereocenters. The van der Waals surface area contributed by atoms with Gasteiger partial charge in [0.05, 0.1) is 0 Å². The van der Waals surface area contributed by atoms with Crippen LogP contribution in [0.5, 0.6) is 0 Å². The van der Waals surface area contributed by atoms with Crippen LogP contribution in [0.1, 0.15) is 13.3 Å². The second-order valence-corrected chi connectivity index (χ2v) is 4.20. The highest BCUT2D eigenvalue weighted by molar-refractivity contribution is 5.59. The number of hydrogen-bond acceptors (Lipinski definition) is 4. The average molecular weight is 260 g/mol. The van der Waals surface area contributed by atoms with Crippen molar-refractivity contribution in [2.45, 2.75) is 13.3 Å². The Morgan fingerprint density at radius 3 is 2.63 bits per heavy atom. The molecule has 0 aliphatic carbocycles. The Labute approximate surface area is 112 Å². The minimum absolute atomic E-state index is 0.245. The van der Waals surface area contributed by atoms with Crippen LogP contribution in [0.2, 0.25) is 0 Å². The molecule has 0 spiro atoms. The third-order valence-corrected chi connectivity index (χ3v) is 2.73. The average Bonchev–Trinajstić information content (AvgIpc) is 2.45. The Morgan fingerprint density at radius 2 is 1.95 bits per heavy atom. The van der Waals surface area contributed by atoms with Gasteiger partial charge in [-0.05, 0) is 36.8 Å². The van der Waals surface area contributed by atoms with Crippen LogP contribution in [0.25, 0.3) is 0 Å². The van der Waals surface area contributed by atoms with Crippen LogP contribution in [0, 0.1) is 5.82 Å². The highest BCUT2D eigenvalue weighted by Crippen LogP contribution is 2.22. The van der Waals surface area contributed by atoms with Crippen LogP contribution < -0.4 is 10.2 Å². The van der Waals surface area contributed by atoms with E-state index in [1.165, 1.54) is 12.1 Å². The lowest BCUT2D eigenvalue weighted by Crippen LogP contribution is -2.13. The minimum atomic E-state index is -0.245. The fraction of sp³-hybridized carbons (Fsp3) is 0.286. The molecule has 0 bridgehead atoms. The van der Waals surface area contributed by atoms with Crippen LogP contribution in [0.15, 0.2) is 36.5 Å². The van der Waals surface area contributed by atoms with Crippen molar-refractivity contribution in [1.82, 2.24) is 9.97 Å². The van der Waals surface area contributed by atoms with E-state index in [0.717, 1.165) is 24.5 Å². The van der Waals surface area contributed by atoms with E-state index in [0.29, 0.717) is 5.95 Å². The molecule has 19 heavy (non-hydrogen) atoms. The third-order valence-electron chi connectivity index (χ3n) is 2.73. The number of nitrogens with one attached hydrogen (secondary N) is 1. The molecule has 1 N–H and O–H groups in total. The van der Waals surface area contributed by atoms with Crippen LogP contribution in [-0.2, 0) is 0 Å². The molecule has 1 heterocycles. The van der Waals surface area contributed by atoms with Crippen LogP contribution in [0.4, 0.5) is 21.8 Å². The number of aromatic nitrogens is 2. The lowest BCUT2D eigenvalue weighted by Gasteiger charge is -2.18. The summed E-state index contributed by atoms with van der Waals surface area (Å²) >= 11 is 0. The van der Waals surface area contributed by atoms with Gasteiger partial charge < -0.3 is 10.2 Å². The van der Waals surface area contributed by atoms with Gasteiger partial charge in [-0.2, -0.15) is 4.98 Å². The first-order chi connectivity index (χ1) is 9.20. The van der Waals surface area contributed by atoms with Crippen LogP contribution in [0.3, 0.4) is 0 Å². The maximum atomic E-state index is 12.9. The van der Waals surface area contributed by atoms with Crippen LogP contribution in [-0.4, -0.2) is 23.6 Å². The van der Waals surface area contributed by atoms with Gasteiger partial charge in [0.15, 0.2) is 0 Å². The van der Waals surface area contributed by atoms with Crippen molar-refractivity contribution < 1.29 is 4.39 Å². The Kier molecular flexibility index (Phi) is 4.28. The number of anilines is 3. The molecular formula is C14H17FN4. The van der Waals surface area contributed by atoms with Gasteiger partial charge in [-0.1, -0.05) is 6.92 Å². The van der Waals surface area contributed by atoms with Gasteiger partial charge in [0.1, 0.15) is 11.6 Å². The summed E-state index contributed by atoms with van der Waals surface area (Å²) in [5.41, 5.74) is 0.876. The lowest BCUT2D eigenvalue weighted by molar-refractivity contribution is 0.628. The number of benzene rings is 1. The minimum Gasteiger partial charge on any atom is -0.354 e. The third kappa shape index (κ3) is 3.40. The second-order valence-electron chi connectivity index (χ2n) is 4.20. The van der Waals surface area contributed by atoms with Gasteiger partial charge in [-0.25, -0.2) is 9.37 Å². The first-order valence-corrected chi connectivity index (χ1v) is 6.27. The summed E-state index contributed by atoms with van der Waals surface area (Å²) in [6, 6.07) is 8.13. The lowest BCUT2D eigenvalue weighted by atomic mass is 10.3. The number of hydrogen-bond donors (Lipinski definition) is 1. The van der Waals surface area contributed by atoms with Crippen molar-refractivity contribution >= 4 is 17.5 Å². The van der Waals surface area contributed by atoms with Crippen molar-refractivity contribution in [3.05, 3.63) is 42.3 Å². The number of nitrogens with zero attached hydrogens (tertiary/aromatic N) is 3. The van der Waals surface area contributed by atoms with Crippen molar-refractivity contribution in [3.63, 3.8) is 0 Å². The topological polar surface area (TPSA) is 41.1 Å². The zero-order valence-corrected chi connectivity index (χ0v) is 11.1. The van der Waals surface area contributed by atoms with Crippen LogP contribution >= 0.6 is 0 Å². The predicted octanol–water partition coefficient (Wildman–Crippen LogP) is 3.21. The van der Waals surface area contributed by atoms with E-state index < -0.39 is 0 Å². The summed E-state index contributed by atoms with van der Waals surface area (Å²) in [5, 5.41) is 3.14. The second kappa shape index (κ2) is 6.13. The molecule has 0 aliphatic heterocycles. The first-order valence-electron chi connectivity index (χ1n) is 6.27. The molecule has 2 rings (SSSR count). The summed E-state index contributed by atoms with van der Waals surface area (Å²) in [7, 11) is 1.89. The summed E-state index contributed by atoms with van der Waals surface area (Å²) in [4.78, 5) is 10.5. The molecule has 0 radical (unpaired) electrons. The number of rotatable bonds is 5. The van der Waals surface area contributed by atoms with E-state index in [1.54, 1.807) is 18.3 Å². The molecule has 5 heteroatoms. The molecule has 4 nitrogen and oxygen atoms in total. The van der Waals surface area contributed by atoms with Gasteiger partial charge in [0.2, 0.25) is 5.95 Å². The first kappa shape index (κ1) is 13.3. The monoisotopic (exact) mass is 260 g/mol. The Bertz CT molecular complexity index is 527. The van der Waals surface area contributed by atoms with E-state index in [-0.39, 0.29) is 5.82 Å². The molecule has 2 aromatic rings.